The number of aliphatic carboxylic acids is 1. The highest BCUT2D eigenvalue weighted by molar-refractivity contribution is 5.82. The van der Waals surface area contributed by atoms with Crippen molar-refractivity contribution in [2.45, 2.75) is 31.4 Å². The van der Waals surface area contributed by atoms with Gasteiger partial charge in [0.2, 0.25) is 5.91 Å². The molecule has 1 aliphatic heterocycles. The van der Waals surface area contributed by atoms with E-state index in [1.54, 1.807) is 0 Å². The predicted molar refractivity (Wildman–Crippen MR) is 52.3 cm³/mol. The Morgan fingerprint density at radius 2 is 2.27 bits per heavy atom. The molecule has 0 aromatic carbocycles. The van der Waals surface area contributed by atoms with E-state index >= 15 is 0 Å². The third-order valence-electron chi connectivity index (χ3n) is 2.38. The van der Waals surface area contributed by atoms with Crippen LogP contribution in [0.2, 0.25) is 0 Å². The molecule has 0 aliphatic carbocycles. The highest BCUT2D eigenvalue weighted by Crippen LogP contribution is 2.04. The van der Waals surface area contributed by atoms with Crippen molar-refractivity contribution < 1.29 is 19.8 Å². The Balaban J connectivity index is 2.14. The van der Waals surface area contributed by atoms with Crippen LogP contribution in [-0.2, 0) is 9.59 Å². The number of aliphatic hydroxyl groups excluding tert-OH is 1. The van der Waals surface area contributed by atoms with Gasteiger partial charge in [0.05, 0.1) is 6.04 Å². The maximum Gasteiger partial charge on any atom is 0.332 e. The summed E-state index contributed by atoms with van der Waals surface area (Å²) in [4.78, 5) is 21.7. The Morgan fingerprint density at radius 1 is 1.53 bits per heavy atom. The van der Waals surface area contributed by atoms with Gasteiger partial charge in [0.25, 0.3) is 0 Å². The number of carbonyl (C=O) groups is 2. The van der Waals surface area contributed by atoms with Gasteiger partial charge in [-0.1, -0.05) is 0 Å². The van der Waals surface area contributed by atoms with E-state index in [0.29, 0.717) is 0 Å². The maximum absolute atomic E-state index is 11.4. The molecule has 0 aromatic rings. The van der Waals surface area contributed by atoms with E-state index in [1.807, 2.05) is 0 Å². The van der Waals surface area contributed by atoms with Crippen molar-refractivity contribution >= 4 is 11.9 Å². The average molecular weight is 216 g/mol. The topological polar surface area (TPSA) is 98.7 Å². The molecule has 2 atom stereocenters. The Kier molecular flexibility index (Phi) is 4.51. The zero-order chi connectivity index (χ0) is 11.3. The third-order valence-corrected chi connectivity index (χ3v) is 2.38. The molecule has 0 spiro atoms. The van der Waals surface area contributed by atoms with Crippen LogP contribution in [0.3, 0.4) is 0 Å². The predicted octanol–water partition coefficient (Wildman–Crippen LogP) is -1.31. The van der Waals surface area contributed by atoms with Crippen molar-refractivity contribution in [1.29, 1.82) is 0 Å². The number of aliphatic hydroxyl groups is 1. The van der Waals surface area contributed by atoms with Crippen LogP contribution in [0.4, 0.5) is 0 Å². The Labute approximate surface area is 87.7 Å². The van der Waals surface area contributed by atoms with Gasteiger partial charge < -0.3 is 20.8 Å². The van der Waals surface area contributed by atoms with Crippen LogP contribution >= 0.6 is 0 Å². The lowest BCUT2D eigenvalue weighted by Gasteiger charge is -2.11. The average Bonchev–Trinajstić information content (AvgIpc) is 2.70. The van der Waals surface area contributed by atoms with Gasteiger partial charge in [0.15, 0.2) is 6.10 Å². The smallest absolute Gasteiger partial charge is 0.332 e. The number of carboxylic acids is 1. The monoisotopic (exact) mass is 216 g/mol. The van der Waals surface area contributed by atoms with E-state index in [2.05, 4.69) is 10.6 Å². The summed E-state index contributed by atoms with van der Waals surface area (Å²) in [5, 5.41) is 22.9. The largest absolute Gasteiger partial charge is 0.479 e. The van der Waals surface area contributed by atoms with Crippen molar-refractivity contribution in [2.24, 2.45) is 0 Å². The molecule has 6 nitrogen and oxygen atoms in total. The van der Waals surface area contributed by atoms with E-state index in [0.717, 1.165) is 19.4 Å². The van der Waals surface area contributed by atoms with Crippen LogP contribution in [0.25, 0.3) is 0 Å². The molecule has 0 aromatic heterocycles. The lowest BCUT2D eigenvalue weighted by Crippen LogP contribution is -2.41. The van der Waals surface area contributed by atoms with Gasteiger partial charge in [0.1, 0.15) is 0 Å². The first-order valence-electron chi connectivity index (χ1n) is 5.03. The molecular weight excluding hydrogens is 200 g/mol. The molecule has 0 bridgehead atoms. The number of carbonyl (C=O) groups excluding carboxylic acids is 1. The number of carboxylic acid groups (broad SMARTS) is 1. The fraction of sp³-hybridized carbons (Fsp3) is 0.778. The van der Waals surface area contributed by atoms with Crippen LogP contribution in [0.1, 0.15) is 19.3 Å². The summed E-state index contributed by atoms with van der Waals surface area (Å²) in [6.07, 6.45) is 0.429. The Bertz CT molecular complexity index is 238. The van der Waals surface area contributed by atoms with Gasteiger partial charge in [-0.15, -0.1) is 0 Å². The molecule has 1 amide bonds. The molecule has 0 saturated carbocycles. The van der Waals surface area contributed by atoms with Crippen LogP contribution < -0.4 is 10.6 Å². The minimum Gasteiger partial charge on any atom is -0.479 e. The quantitative estimate of drug-likeness (QED) is 0.457. The number of hydrogen-bond acceptors (Lipinski definition) is 4. The summed E-state index contributed by atoms with van der Waals surface area (Å²) in [6.45, 7) is 1.03. The van der Waals surface area contributed by atoms with Crippen molar-refractivity contribution in [2.75, 3.05) is 13.1 Å². The number of hydrogen-bond donors (Lipinski definition) is 4. The first-order chi connectivity index (χ1) is 7.11. The fourth-order valence-corrected chi connectivity index (χ4v) is 1.49. The SMILES string of the molecule is O=C(NCC[C@H](O)C(=O)O)[C@@H]1CCCN1. The molecule has 86 valence electrons. The molecule has 1 fully saturated rings. The summed E-state index contributed by atoms with van der Waals surface area (Å²) in [6, 6.07) is -0.160. The van der Waals surface area contributed by atoms with Crippen molar-refractivity contribution in [3.8, 4) is 0 Å². The van der Waals surface area contributed by atoms with E-state index in [4.69, 9.17) is 10.2 Å². The standard InChI is InChI=1S/C9H16N2O4/c12-7(9(14)15)3-5-11-8(13)6-2-1-4-10-6/h6-7,10,12H,1-5H2,(H,11,13)(H,14,15)/t6-,7-/m0/s1. The van der Waals surface area contributed by atoms with Gasteiger partial charge in [0, 0.05) is 13.0 Å². The first-order valence-corrected chi connectivity index (χ1v) is 5.03. The van der Waals surface area contributed by atoms with Gasteiger partial charge >= 0.3 is 5.97 Å². The highest BCUT2D eigenvalue weighted by Gasteiger charge is 2.21. The van der Waals surface area contributed by atoms with Gasteiger partial charge in [-0.3, -0.25) is 4.79 Å². The molecule has 1 aliphatic rings. The van der Waals surface area contributed by atoms with E-state index in [1.165, 1.54) is 0 Å². The van der Waals surface area contributed by atoms with E-state index in [9.17, 15) is 9.59 Å². The van der Waals surface area contributed by atoms with Crippen LogP contribution in [0, 0.1) is 0 Å². The highest BCUT2D eigenvalue weighted by atomic mass is 16.4. The molecule has 6 heteroatoms. The summed E-state index contributed by atoms with van der Waals surface area (Å²) >= 11 is 0. The summed E-state index contributed by atoms with van der Waals surface area (Å²) in [5.41, 5.74) is 0. The minimum atomic E-state index is -1.40. The molecular formula is C9H16N2O4. The van der Waals surface area contributed by atoms with Crippen LogP contribution in [-0.4, -0.2) is 47.3 Å². The first kappa shape index (κ1) is 11.9. The fourth-order valence-electron chi connectivity index (χ4n) is 1.49. The molecule has 1 rings (SSSR count). The number of nitrogens with one attached hydrogen (secondary N) is 2. The third kappa shape index (κ3) is 3.85. The summed E-state index contributed by atoms with van der Waals surface area (Å²) in [7, 11) is 0. The second-order valence-electron chi connectivity index (χ2n) is 3.58. The Morgan fingerprint density at radius 3 is 2.80 bits per heavy atom. The van der Waals surface area contributed by atoms with E-state index in [-0.39, 0.29) is 24.9 Å². The van der Waals surface area contributed by atoms with Crippen molar-refractivity contribution in [3.63, 3.8) is 0 Å². The van der Waals surface area contributed by atoms with Crippen molar-refractivity contribution in [3.05, 3.63) is 0 Å². The van der Waals surface area contributed by atoms with Crippen molar-refractivity contribution in [1.82, 2.24) is 10.6 Å². The normalized spacial score (nSPS) is 22.3. The lowest BCUT2D eigenvalue weighted by molar-refractivity contribution is -0.147. The zero-order valence-electron chi connectivity index (χ0n) is 8.40. The summed E-state index contributed by atoms with van der Waals surface area (Å²) in [5.74, 6) is -1.38. The van der Waals surface area contributed by atoms with Gasteiger partial charge in [-0.05, 0) is 19.4 Å². The zero-order valence-corrected chi connectivity index (χ0v) is 8.40. The second-order valence-corrected chi connectivity index (χ2v) is 3.58. The second kappa shape index (κ2) is 5.67. The Hall–Kier alpha value is -1.14. The lowest BCUT2D eigenvalue weighted by atomic mass is 10.2. The maximum atomic E-state index is 11.4. The molecule has 0 unspecified atom stereocenters. The molecule has 1 heterocycles. The van der Waals surface area contributed by atoms with E-state index < -0.39 is 12.1 Å². The van der Waals surface area contributed by atoms with Gasteiger partial charge in [-0.25, -0.2) is 4.79 Å². The minimum absolute atomic E-state index is 0.0355. The molecule has 15 heavy (non-hydrogen) atoms. The molecule has 4 N–H and O–H groups in total. The molecule has 0 radical (unpaired) electrons. The number of rotatable bonds is 5. The van der Waals surface area contributed by atoms with Crippen LogP contribution in [0.15, 0.2) is 0 Å². The number of amides is 1. The van der Waals surface area contributed by atoms with Crippen LogP contribution in [0.5, 0.6) is 0 Å². The molecule has 1 saturated heterocycles. The summed E-state index contributed by atoms with van der Waals surface area (Å²) < 4.78 is 0. The van der Waals surface area contributed by atoms with Gasteiger partial charge in [-0.2, -0.15) is 0 Å².